The van der Waals surface area contributed by atoms with Crippen molar-refractivity contribution in [3.63, 3.8) is 0 Å². The molecule has 4 rings (SSSR count). The largest absolute Gasteiger partial charge is 0.465 e. The summed E-state index contributed by atoms with van der Waals surface area (Å²) >= 11 is 0. The number of nitrogens with one attached hydrogen (secondary N) is 1. The molecule has 0 radical (unpaired) electrons. The fourth-order valence-electron chi connectivity index (χ4n) is 3.20. The van der Waals surface area contributed by atoms with Gasteiger partial charge in [-0.15, -0.1) is 0 Å². The smallest absolute Gasteiger partial charge is 0.227 e. The lowest BCUT2D eigenvalue weighted by molar-refractivity contribution is 0.0875. The predicted octanol–water partition coefficient (Wildman–Crippen LogP) is 2.95. The number of rotatable bonds is 4. The maximum atomic E-state index is 5.52. The molecule has 2 aliphatic heterocycles. The molecule has 0 saturated carbocycles. The average Bonchev–Trinajstić information content (AvgIpc) is 3.18. The van der Waals surface area contributed by atoms with E-state index in [4.69, 9.17) is 14.1 Å². The first kappa shape index (κ1) is 15.2. The minimum atomic E-state index is 0.335. The Bertz CT molecular complexity index is 693. The Labute approximate surface area is 141 Å². The van der Waals surface area contributed by atoms with E-state index >= 15 is 0 Å². The Morgan fingerprint density at radius 1 is 1.29 bits per heavy atom. The summed E-state index contributed by atoms with van der Waals surface area (Å²) in [5.41, 5.74) is 1.19. The molecule has 2 aliphatic rings. The van der Waals surface area contributed by atoms with Gasteiger partial charge in [0.1, 0.15) is 11.6 Å². The number of nitrogens with zero attached hydrogens (tertiary/aromatic N) is 3. The molecule has 2 aromatic rings. The molecule has 2 aromatic heterocycles. The van der Waals surface area contributed by atoms with Crippen molar-refractivity contribution >= 4 is 17.3 Å². The standard InChI is InChI=1S/C18H22N4O2/c1-4-14(16-6-3-11-24-16)12-22(9-1)18-19-8-7-17(21-18)20-15-5-2-10-23-13-15/h3-4,6-8,11,15H,1-2,5,9-10,12-13H2,(H,19,20,21). The lowest BCUT2D eigenvalue weighted by Gasteiger charge is -2.28. The first-order valence-electron chi connectivity index (χ1n) is 8.54. The van der Waals surface area contributed by atoms with Gasteiger partial charge in [0.15, 0.2) is 0 Å². The zero-order valence-corrected chi connectivity index (χ0v) is 13.6. The molecule has 1 unspecified atom stereocenters. The van der Waals surface area contributed by atoms with Gasteiger partial charge in [-0.25, -0.2) is 4.98 Å². The maximum absolute atomic E-state index is 5.52. The Morgan fingerprint density at radius 3 is 3.12 bits per heavy atom. The normalized spacial score (nSPS) is 21.4. The fraction of sp³-hybridized carbons (Fsp3) is 0.444. The van der Waals surface area contributed by atoms with E-state index in [0.717, 1.165) is 63.1 Å². The molecule has 0 aliphatic carbocycles. The van der Waals surface area contributed by atoms with Crippen LogP contribution >= 0.6 is 0 Å². The minimum absolute atomic E-state index is 0.335. The van der Waals surface area contributed by atoms with Gasteiger partial charge in [0.25, 0.3) is 0 Å². The molecule has 126 valence electrons. The average molecular weight is 326 g/mol. The molecule has 0 spiro atoms. The molecule has 1 fully saturated rings. The van der Waals surface area contributed by atoms with E-state index in [0.29, 0.717) is 6.04 Å². The Kier molecular flexibility index (Phi) is 4.46. The van der Waals surface area contributed by atoms with Gasteiger partial charge in [-0.1, -0.05) is 6.08 Å². The van der Waals surface area contributed by atoms with E-state index in [2.05, 4.69) is 21.3 Å². The summed E-state index contributed by atoms with van der Waals surface area (Å²) in [6.07, 6.45) is 8.94. The van der Waals surface area contributed by atoms with Gasteiger partial charge in [0.2, 0.25) is 5.95 Å². The van der Waals surface area contributed by atoms with Crippen LogP contribution in [0, 0.1) is 0 Å². The van der Waals surface area contributed by atoms with Crippen LogP contribution in [-0.4, -0.2) is 42.3 Å². The third kappa shape index (κ3) is 3.43. The van der Waals surface area contributed by atoms with Crippen LogP contribution in [0.5, 0.6) is 0 Å². The van der Waals surface area contributed by atoms with Gasteiger partial charge in [-0.2, -0.15) is 4.98 Å². The van der Waals surface area contributed by atoms with Crippen LogP contribution in [0.25, 0.3) is 5.57 Å². The van der Waals surface area contributed by atoms with Crippen molar-refractivity contribution in [1.82, 2.24) is 9.97 Å². The lowest BCUT2D eigenvalue weighted by atomic mass is 10.1. The molecular weight excluding hydrogens is 304 g/mol. The molecular formula is C18H22N4O2. The van der Waals surface area contributed by atoms with Crippen molar-refractivity contribution in [3.8, 4) is 0 Å². The molecule has 1 atom stereocenters. The Morgan fingerprint density at radius 2 is 2.29 bits per heavy atom. The number of hydrogen-bond acceptors (Lipinski definition) is 6. The highest BCUT2D eigenvalue weighted by Gasteiger charge is 2.19. The zero-order valence-electron chi connectivity index (χ0n) is 13.6. The van der Waals surface area contributed by atoms with Crippen LogP contribution in [0.2, 0.25) is 0 Å². The molecule has 0 amide bonds. The van der Waals surface area contributed by atoms with Crippen LogP contribution in [0.1, 0.15) is 25.0 Å². The van der Waals surface area contributed by atoms with Crippen molar-refractivity contribution in [2.24, 2.45) is 0 Å². The molecule has 1 N–H and O–H groups in total. The number of ether oxygens (including phenoxy) is 1. The number of aromatic nitrogens is 2. The molecule has 0 bridgehead atoms. The number of furan rings is 1. The second-order valence-corrected chi connectivity index (χ2v) is 6.22. The van der Waals surface area contributed by atoms with Gasteiger partial charge in [0.05, 0.1) is 18.9 Å². The van der Waals surface area contributed by atoms with Crippen molar-refractivity contribution < 1.29 is 9.15 Å². The van der Waals surface area contributed by atoms with E-state index in [1.54, 1.807) is 6.26 Å². The van der Waals surface area contributed by atoms with Gasteiger partial charge in [-0.3, -0.25) is 0 Å². The van der Waals surface area contributed by atoms with Gasteiger partial charge in [0, 0.05) is 31.5 Å². The molecule has 4 heterocycles. The first-order chi connectivity index (χ1) is 11.9. The summed E-state index contributed by atoms with van der Waals surface area (Å²) in [6.45, 7) is 3.29. The molecule has 1 saturated heterocycles. The van der Waals surface area contributed by atoms with E-state index in [9.17, 15) is 0 Å². The summed E-state index contributed by atoms with van der Waals surface area (Å²) in [5.74, 6) is 2.55. The topological polar surface area (TPSA) is 63.4 Å². The Balaban J connectivity index is 1.46. The summed E-state index contributed by atoms with van der Waals surface area (Å²) in [4.78, 5) is 11.3. The van der Waals surface area contributed by atoms with Gasteiger partial charge >= 0.3 is 0 Å². The number of hydrogen-bond donors (Lipinski definition) is 1. The fourth-order valence-corrected chi connectivity index (χ4v) is 3.20. The van der Waals surface area contributed by atoms with Crippen molar-refractivity contribution in [3.05, 3.63) is 42.5 Å². The zero-order chi connectivity index (χ0) is 16.2. The molecule has 0 aromatic carbocycles. The van der Waals surface area contributed by atoms with Gasteiger partial charge < -0.3 is 19.4 Å². The first-order valence-corrected chi connectivity index (χ1v) is 8.54. The second kappa shape index (κ2) is 7.05. The quantitative estimate of drug-likeness (QED) is 0.932. The minimum Gasteiger partial charge on any atom is -0.465 e. The van der Waals surface area contributed by atoms with Crippen LogP contribution < -0.4 is 10.2 Å². The maximum Gasteiger partial charge on any atom is 0.227 e. The summed E-state index contributed by atoms with van der Waals surface area (Å²) in [6, 6.07) is 6.17. The Hall–Kier alpha value is -2.34. The van der Waals surface area contributed by atoms with Crippen molar-refractivity contribution in [2.75, 3.05) is 36.5 Å². The van der Waals surface area contributed by atoms with Crippen LogP contribution in [0.3, 0.4) is 0 Å². The monoisotopic (exact) mass is 326 g/mol. The molecule has 6 heteroatoms. The second-order valence-electron chi connectivity index (χ2n) is 6.22. The number of anilines is 2. The van der Waals surface area contributed by atoms with Crippen molar-refractivity contribution in [1.29, 1.82) is 0 Å². The molecule has 6 nitrogen and oxygen atoms in total. The van der Waals surface area contributed by atoms with E-state index in [1.807, 2.05) is 24.4 Å². The van der Waals surface area contributed by atoms with E-state index in [-0.39, 0.29) is 0 Å². The predicted molar refractivity (Wildman–Crippen MR) is 93.0 cm³/mol. The highest BCUT2D eigenvalue weighted by molar-refractivity contribution is 5.67. The summed E-state index contributed by atoms with van der Waals surface area (Å²) in [5, 5.41) is 3.46. The van der Waals surface area contributed by atoms with E-state index in [1.165, 1.54) is 5.57 Å². The SMILES string of the molecule is C1=C(c2ccco2)CN(c2nccc(NC3CCCOC3)n2)CC1. The molecule has 24 heavy (non-hydrogen) atoms. The third-order valence-corrected chi connectivity index (χ3v) is 4.43. The highest BCUT2D eigenvalue weighted by atomic mass is 16.5. The van der Waals surface area contributed by atoms with Crippen LogP contribution in [0.4, 0.5) is 11.8 Å². The van der Waals surface area contributed by atoms with Crippen LogP contribution in [-0.2, 0) is 4.74 Å². The van der Waals surface area contributed by atoms with E-state index < -0.39 is 0 Å². The van der Waals surface area contributed by atoms with Crippen molar-refractivity contribution in [2.45, 2.75) is 25.3 Å². The van der Waals surface area contributed by atoms with Gasteiger partial charge in [-0.05, 0) is 37.5 Å². The van der Waals surface area contributed by atoms with Crippen LogP contribution in [0.15, 0.2) is 41.2 Å². The summed E-state index contributed by atoms with van der Waals surface area (Å²) in [7, 11) is 0. The summed E-state index contributed by atoms with van der Waals surface area (Å²) < 4.78 is 11.0. The lowest BCUT2D eigenvalue weighted by Crippen LogP contribution is -2.32. The highest BCUT2D eigenvalue weighted by Crippen LogP contribution is 2.24. The third-order valence-electron chi connectivity index (χ3n) is 4.43.